The van der Waals surface area contributed by atoms with Crippen LogP contribution < -0.4 is 5.73 Å². The van der Waals surface area contributed by atoms with Crippen LogP contribution in [0.3, 0.4) is 0 Å². The van der Waals surface area contributed by atoms with Gasteiger partial charge in [-0.05, 0) is 54.8 Å². The van der Waals surface area contributed by atoms with Gasteiger partial charge in [0.25, 0.3) is 0 Å². The highest BCUT2D eigenvalue weighted by Crippen LogP contribution is 2.26. The number of hydrogen-bond acceptors (Lipinski definition) is 2. The standard InChI is InChI=1S/C17H18ClN3/c1-11-6-15-16(7-12(11)2)21(10-20-15)17(9-19)13-4-3-5-14(18)8-13/h3-8,10,17H,9,19H2,1-2H3. The Kier molecular flexibility index (Phi) is 3.70. The van der Waals surface area contributed by atoms with E-state index in [-0.39, 0.29) is 6.04 Å². The predicted molar refractivity (Wildman–Crippen MR) is 87.9 cm³/mol. The van der Waals surface area contributed by atoms with Crippen LogP contribution in [0.2, 0.25) is 5.02 Å². The van der Waals surface area contributed by atoms with E-state index in [1.807, 2.05) is 24.5 Å². The molecule has 1 atom stereocenters. The summed E-state index contributed by atoms with van der Waals surface area (Å²) >= 11 is 6.11. The number of hydrogen-bond donors (Lipinski definition) is 1. The Hall–Kier alpha value is -1.84. The van der Waals surface area contributed by atoms with Gasteiger partial charge in [-0.15, -0.1) is 0 Å². The maximum absolute atomic E-state index is 6.11. The molecule has 1 unspecified atom stereocenters. The first-order chi connectivity index (χ1) is 10.1. The third kappa shape index (κ3) is 2.55. The van der Waals surface area contributed by atoms with E-state index in [9.17, 15) is 0 Å². The van der Waals surface area contributed by atoms with Crippen LogP contribution in [0.5, 0.6) is 0 Å². The lowest BCUT2D eigenvalue weighted by atomic mass is 10.1. The van der Waals surface area contributed by atoms with Gasteiger partial charge in [0.15, 0.2) is 0 Å². The fraction of sp³-hybridized carbons (Fsp3) is 0.235. The third-order valence-electron chi connectivity index (χ3n) is 3.98. The summed E-state index contributed by atoms with van der Waals surface area (Å²) < 4.78 is 2.13. The second kappa shape index (κ2) is 5.51. The van der Waals surface area contributed by atoms with E-state index in [0.29, 0.717) is 6.54 Å². The van der Waals surface area contributed by atoms with Crippen molar-refractivity contribution < 1.29 is 0 Å². The molecule has 21 heavy (non-hydrogen) atoms. The van der Waals surface area contributed by atoms with Gasteiger partial charge in [0.2, 0.25) is 0 Å². The molecule has 0 fully saturated rings. The molecule has 0 saturated carbocycles. The van der Waals surface area contributed by atoms with Gasteiger partial charge in [-0.2, -0.15) is 0 Å². The summed E-state index contributed by atoms with van der Waals surface area (Å²) in [7, 11) is 0. The number of fused-ring (bicyclic) bond motifs is 1. The van der Waals surface area contributed by atoms with Gasteiger partial charge in [-0.25, -0.2) is 4.98 Å². The molecule has 2 N–H and O–H groups in total. The minimum absolute atomic E-state index is 0.0378. The highest BCUT2D eigenvalue weighted by Gasteiger charge is 2.15. The first kappa shape index (κ1) is 14.1. The molecular formula is C17H18ClN3. The maximum atomic E-state index is 6.11. The molecule has 4 heteroatoms. The fourth-order valence-electron chi connectivity index (χ4n) is 2.65. The zero-order valence-corrected chi connectivity index (χ0v) is 12.9. The van der Waals surface area contributed by atoms with Crippen molar-refractivity contribution in [3.05, 3.63) is 64.4 Å². The first-order valence-electron chi connectivity index (χ1n) is 6.99. The molecule has 0 aliphatic carbocycles. The Morgan fingerprint density at radius 3 is 2.67 bits per heavy atom. The zero-order chi connectivity index (χ0) is 15.0. The van der Waals surface area contributed by atoms with Crippen LogP contribution in [-0.2, 0) is 0 Å². The highest BCUT2D eigenvalue weighted by atomic mass is 35.5. The lowest BCUT2D eigenvalue weighted by molar-refractivity contribution is 0.610. The van der Waals surface area contributed by atoms with Crippen molar-refractivity contribution in [3.8, 4) is 0 Å². The topological polar surface area (TPSA) is 43.8 Å². The van der Waals surface area contributed by atoms with Crippen molar-refractivity contribution >= 4 is 22.6 Å². The number of nitrogens with zero attached hydrogens (tertiary/aromatic N) is 2. The van der Waals surface area contributed by atoms with Gasteiger partial charge in [0.05, 0.1) is 23.4 Å². The summed E-state index contributed by atoms with van der Waals surface area (Å²) in [5.41, 5.74) is 11.7. The van der Waals surface area contributed by atoms with Crippen molar-refractivity contribution in [2.24, 2.45) is 5.73 Å². The van der Waals surface area contributed by atoms with E-state index >= 15 is 0 Å². The van der Waals surface area contributed by atoms with Crippen LogP contribution in [-0.4, -0.2) is 16.1 Å². The van der Waals surface area contributed by atoms with Crippen molar-refractivity contribution in [3.63, 3.8) is 0 Å². The van der Waals surface area contributed by atoms with Crippen LogP contribution >= 0.6 is 11.6 Å². The van der Waals surface area contributed by atoms with Gasteiger partial charge < -0.3 is 10.3 Å². The molecule has 0 saturated heterocycles. The third-order valence-corrected chi connectivity index (χ3v) is 4.22. The predicted octanol–water partition coefficient (Wildman–Crippen LogP) is 3.85. The van der Waals surface area contributed by atoms with Crippen molar-refractivity contribution in [1.82, 2.24) is 9.55 Å². The van der Waals surface area contributed by atoms with E-state index in [1.54, 1.807) is 0 Å². The molecule has 0 amide bonds. The van der Waals surface area contributed by atoms with Gasteiger partial charge in [0.1, 0.15) is 0 Å². The number of rotatable bonds is 3. The summed E-state index contributed by atoms with van der Waals surface area (Å²) in [4.78, 5) is 4.51. The molecular weight excluding hydrogens is 282 g/mol. The monoisotopic (exact) mass is 299 g/mol. The molecule has 3 aromatic rings. The van der Waals surface area contributed by atoms with Crippen LogP contribution in [0.1, 0.15) is 22.7 Å². The zero-order valence-electron chi connectivity index (χ0n) is 12.2. The molecule has 1 aromatic heterocycles. The van der Waals surface area contributed by atoms with E-state index in [1.165, 1.54) is 11.1 Å². The Morgan fingerprint density at radius 1 is 1.19 bits per heavy atom. The van der Waals surface area contributed by atoms with E-state index in [4.69, 9.17) is 17.3 Å². The Morgan fingerprint density at radius 2 is 1.95 bits per heavy atom. The number of benzene rings is 2. The number of halogens is 1. The molecule has 3 rings (SSSR count). The minimum atomic E-state index is 0.0378. The lowest BCUT2D eigenvalue weighted by Crippen LogP contribution is -2.19. The second-order valence-corrected chi connectivity index (χ2v) is 5.82. The molecule has 1 heterocycles. The summed E-state index contributed by atoms with van der Waals surface area (Å²) in [6.07, 6.45) is 1.86. The quantitative estimate of drug-likeness (QED) is 0.798. The van der Waals surface area contributed by atoms with Gasteiger partial charge in [-0.3, -0.25) is 0 Å². The van der Waals surface area contributed by atoms with Crippen molar-refractivity contribution in [2.45, 2.75) is 19.9 Å². The van der Waals surface area contributed by atoms with Crippen LogP contribution in [0.15, 0.2) is 42.7 Å². The molecule has 0 aliphatic heterocycles. The summed E-state index contributed by atoms with van der Waals surface area (Å²) in [6, 6.07) is 12.2. The van der Waals surface area contributed by atoms with Crippen LogP contribution in [0.25, 0.3) is 11.0 Å². The largest absolute Gasteiger partial charge is 0.328 e. The smallest absolute Gasteiger partial charge is 0.0964 e. The Balaban J connectivity index is 2.15. The average molecular weight is 300 g/mol. The lowest BCUT2D eigenvalue weighted by Gasteiger charge is -2.18. The van der Waals surface area contributed by atoms with Crippen LogP contribution in [0.4, 0.5) is 0 Å². The highest BCUT2D eigenvalue weighted by molar-refractivity contribution is 6.30. The number of aromatic nitrogens is 2. The molecule has 0 bridgehead atoms. The Labute approximate surface area is 129 Å². The molecule has 0 aliphatic rings. The number of imidazole rings is 1. The normalized spacial score (nSPS) is 12.8. The molecule has 108 valence electrons. The molecule has 0 radical (unpaired) electrons. The fourth-order valence-corrected chi connectivity index (χ4v) is 2.85. The molecule has 2 aromatic carbocycles. The van der Waals surface area contributed by atoms with E-state index < -0.39 is 0 Å². The molecule has 0 spiro atoms. The Bertz CT molecular complexity index is 792. The first-order valence-corrected chi connectivity index (χ1v) is 7.37. The number of nitrogens with two attached hydrogens (primary N) is 1. The van der Waals surface area contributed by atoms with Gasteiger partial charge in [-0.1, -0.05) is 23.7 Å². The molecule has 3 nitrogen and oxygen atoms in total. The second-order valence-electron chi connectivity index (χ2n) is 5.38. The van der Waals surface area contributed by atoms with E-state index in [2.05, 4.69) is 41.6 Å². The summed E-state index contributed by atoms with van der Waals surface area (Å²) in [5, 5.41) is 0.724. The van der Waals surface area contributed by atoms with E-state index in [0.717, 1.165) is 21.6 Å². The minimum Gasteiger partial charge on any atom is -0.328 e. The SMILES string of the molecule is Cc1cc2ncn(C(CN)c3cccc(Cl)c3)c2cc1C. The summed E-state index contributed by atoms with van der Waals surface area (Å²) in [5.74, 6) is 0. The van der Waals surface area contributed by atoms with Gasteiger partial charge in [0, 0.05) is 11.6 Å². The number of aryl methyl sites for hydroxylation is 2. The van der Waals surface area contributed by atoms with Crippen molar-refractivity contribution in [1.29, 1.82) is 0 Å². The summed E-state index contributed by atoms with van der Waals surface area (Å²) in [6.45, 7) is 4.72. The maximum Gasteiger partial charge on any atom is 0.0964 e. The van der Waals surface area contributed by atoms with Crippen LogP contribution in [0, 0.1) is 13.8 Å². The average Bonchev–Trinajstić information content (AvgIpc) is 2.84. The van der Waals surface area contributed by atoms with Gasteiger partial charge >= 0.3 is 0 Å². The van der Waals surface area contributed by atoms with Crippen molar-refractivity contribution in [2.75, 3.05) is 6.54 Å².